The number of nitrogens with one attached hydrogen (secondary N) is 2. The Labute approximate surface area is 210 Å². The van der Waals surface area contributed by atoms with Gasteiger partial charge in [0.05, 0.1) is 23.2 Å². The van der Waals surface area contributed by atoms with E-state index in [4.69, 9.17) is 9.47 Å². The second kappa shape index (κ2) is 10.7. The summed E-state index contributed by atoms with van der Waals surface area (Å²) in [6.07, 6.45) is 1.03. The van der Waals surface area contributed by atoms with Gasteiger partial charge in [-0.25, -0.2) is 8.42 Å². The van der Waals surface area contributed by atoms with E-state index in [1.807, 2.05) is 30.3 Å². The summed E-state index contributed by atoms with van der Waals surface area (Å²) in [6.45, 7) is 2.55. The number of anilines is 2. The van der Waals surface area contributed by atoms with Gasteiger partial charge in [0.1, 0.15) is 19.3 Å². The number of nitrogens with zero attached hydrogens (tertiary/aromatic N) is 1. The maximum atomic E-state index is 13.2. The zero-order chi connectivity index (χ0) is 25.7. The van der Waals surface area contributed by atoms with Crippen LogP contribution in [-0.4, -0.2) is 45.7 Å². The Hall–Kier alpha value is -4.05. The molecule has 0 radical (unpaired) electrons. The van der Waals surface area contributed by atoms with Crippen molar-refractivity contribution >= 4 is 33.2 Å². The van der Waals surface area contributed by atoms with Crippen molar-refractivity contribution in [3.63, 3.8) is 0 Å². The fraction of sp³-hybridized carbons (Fsp3) is 0.231. The van der Waals surface area contributed by atoms with Crippen molar-refractivity contribution in [2.75, 3.05) is 29.1 Å². The van der Waals surface area contributed by atoms with E-state index in [9.17, 15) is 18.0 Å². The molecule has 188 valence electrons. The molecule has 9 nitrogen and oxygen atoms in total. The van der Waals surface area contributed by atoms with E-state index in [0.717, 1.165) is 16.1 Å². The number of carbonyl (C=O) groups excluding carboxylic acids is 2. The predicted molar refractivity (Wildman–Crippen MR) is 137 cm³/mol. The van der Waals surface area contributed by atoms with E-state index in [1.165, 1.54) is 13.0 Å². The van der Waals surface area contributed by atoms with Crippen LogP contribution in [0.5, 0.6) is 11.5 Å². The van der Waals surface area contributed by atoms with Crippen molar-refractivity contribution < 1.29 is 27.5 Å². The van der Waals surface area contributed by atoms with Crippen molar-refractivity contribution in [3.05, 3.63) is 83.9 Å². The van der Waals surface area contributed by atoms with Crippen LogP contribution in [0, 0.1) is 0 Å². The number of carbonyl (C=O) groups is 2. The number of fused-ring (bicyclic) bond motifs is 1. The molecule has 1 aliphatic heterocycles. The Morgan fingerprint density at radius 2 is 1.61 bits per heavy atom. The van der Waals surface area contributed by atoms with Crippen LogP contribution in [0.4, 0.5) is 11.4 Å². The molecule has 1 aliphatic rings. The SMILES string of the molecule is C[C@@H](C(=O)Nc1ccccc1C(=O)NCc1ccccc1)N(c1ccc2c(c1)OCCO2)S(C)(=O)=O. The van der Waals surface area contributed by atoms with Gasteiger partial charge in [-0.3, -0.25) is 13.9 Å². The van der Waals surface area contributed by atoms with Gasteiger partial charge in [-0.1, -0.05) is 42.5 Å². The monoisotopic (exact) mass is 509 g/mol. The summed E-state index contributed by atoms with van der Waals surface area (Å²) in [6, 6.07) is 19.6. The first-order valence-corrected chi connectivity index (χ1v) is 13.2. The highest BCUT2D eigenvalue weighted by Gasteiger charge is 2.31. The third-order valence-corrected chi connectivity index (χ3v) is 6.84. The van der Waals surface area contributed by atoms with Crippen LogP contribution in [0.15, 0.2) is 72.8 Å². The molecule has 3 aromatic rings. The first-order valence-electron chi connectivity index (χ1n) is 11.3. The number of ether oxygens (including phenoxy) is 2. The predicted octanol–water partition coefficient (Wildman–Crippen LogP) is 3.18. The molecule has 1 atom stereocenters. The molecule has 0 fully saturated rings. The molecular formula is C26H27N3O6S. The molecule has 0 unspecified atom stereocenters. The lowest BCUT2D eigenvalue weighted by molar-refractivity contribution is -0.116. The first kappa shape index (κ1) is 25.1. The van der Waals surface area contributed by atoms with Crippen LogP contribution < -0.4 is 24.4 Å². The topological polar surface area (TPSA) is 114 Å². The maximum absolute atomic E-state index is 13.2. The summed E-state index contributed by atoms with van der Waals surface area (Å²) in [7, 11) is -3.85. The Morgan fingerprint density at radius 3 is 2.33 bits per heavy atom. The van der Waals surface area contributed by atoms with Crippen molar-refractivity contribution in [3.8, 4) is 11.5 Å². The largest absolute Gasteiger partial charge is 0.486 e. The highest BCUT2D eigenvalue weighted by Crippen LogP contribution is 2.35. The molecule has 0 aromatic heterocycles. The molecule has 2 N–H and O–H groups in total. The molecule has 0 saturated heterocycles. The number of sulfonamides is 1. The van der Waals surface area contributed by atoms with Gasteiger partial charge in [0.25, 0.3) is 5.91 Å². The maximum Gasteiger partial charge on any atom is 0.253 e. The molecule has 3 aromatic carbocycles. The number of hydrogen-bond acceptors (Lipinski definition) is 6. The number of benzene rings is 3. The summed E-state index contributed by atoms with van der Waals surface area (Å²) in [5.41, 5.74) is 1.73. The number of hydrogen-bond donors (Lipinski definition) is 2. The van der Waals surface area contributed by atoms with Crippen LogP contribution in [0.3, 0.4) is 0 Å². The Morgan fingerprint density at radius 1 is 0.944 bits per heavy atom. The quantitative estimate of drug-likeness (QED) is 0.482. The van der Waals surface area contributed by atoms with E-state index in [1.54, 1.807) is 36.4 Å². The minimum Gasteiger partial charge on any atom is -0.486 e. The van der Waals surface area contributed by atoms with Crippen LogP contribution in [0.25, 0.3) is 0 Å². The lowest BCUT2D eigenvalue weighted by Gasteiger charge is -2.29. The van der Waals surface area contributed by atoms with Gasteiger partial charge in [0, 0.05) is 12.6 Å². The van der Waals surface area contributed by atoms with Gasteiger partial charge in [-0.15, -0.1) is 0 Å². The number of amides is 2. The summed E-state index contributed by atoms with van der Waals surface area (Å²) in [5, 5.41) is 5.55. The van der Waals surface area contributed by atoms with Crippen LogP contribution in [0.1, 0.15) is 22.8 Å². The first-order chi connectivity index (χ1) is 17.2. The second-order valence-corrected chi connectivity index (χ2v) is 10.1. The van der Waals surface area contributed by atoms with Gasteiger partial charge in [0.15, 0.2) is 11.5 Å². The van der Waals surface area contributed by atoms with Crippen LogP contribution >= 0.6 is 0 Å². The van der Waals surface area contributed by atoms with Gasteiger partial charge in [-0.2, -0.15) is 0 Å². The molecule has 0 aliphatic carbocycles. The summed E-state index contributed by atoms with van der Waals surface area (Å²) >= 11 is 0. The summed E-state index contributed by atoms with van der Waals surface area (Å²) in [5.74, 6) is -0.0562. The van der Waals surface area contributed by atoms with Crippen LogP contribution in [0.2, 0.25) is 0 Å². The molecule has 0 bridgehead atoms. The van der Waals surface area contributed by atoms with E-state index in [2.05, 4.69) is 10.6 Å². The lowest BCUT2D eigenvalue weighted by atomic mass is 10.1. The Bertz CT molecular complexity index is 1360. The minimum absolute atomic E-state index is 0.262. The summed E-state index contributed by atoms with van der Waals surface area (Å²) in [4.78, 5) is 26.1. The van der Waals surface area contributed by atoms with Crippen molar-refractivity contribution in [1.29, 1.82) is 0 Å². The Balaban J connectivity index is 1.53. The molecule has 4 rings (SSSR count). The Kier molecular flexibility index (Phi) is 7.44. The standard InChI is InChI=1S/C26H27N3O6S/c1-18(29(36(2,32)33)20-12-13-23-24(16-20)35-15-14-34-23)25(30)28-22-11-7-6-10-21(22)26(31)27-17-19-8-4-3-5-9-19/h3-13,16,18H,14-15,17H2,1-2H3,(H,27,31)(H,28,30)/t18-/m0/s1. The minimum atomic E-state index is -3.85. The second-order valence-electron chi connectivity index (χ2n) is 8.27. The average Bonchev–Trinajstić information content (AvgIpc) is 2.87. The highest BCUT2D eigenvalue weighted by molar-refractivity contribution is 7.92. The molecule has 10 heteroatoms. The lowest BCUT2D eigenvalue weighted by Crippen LogP contribution is -2.45. The summed E-state index contributed by atoms with van der Waals surface area (Å²) < 4.78 is 37.5. The number of rotatable bonds is 8. The van der Waals surface area contributed by atoms with E-state index in [-0.39, 0.29) is 22.8 Å². The van der Waals surface area contributed by atoms with E-state index >= 15 is 0 Å². The fourth-order valence-electron chi connectivity index (χ4n) is 3.88. The third kappa shape index (κ3) is 5.77. The van der Waals surface area contributed by atoms with Gasteiger partial charge in [-0.05, 0) is 36.8 Å². The van der Waals surface area contributed by atoms with Crippen molar-refractivity contribution in [2.45, 2.75) is 19.5 Å². The molecular weight excluding hydrogens is 482 g/mol. The molecule has 1 heterocycles. The van der Waals surface area contributed by atoms with E-state index in [0.29, 0.717) is 31.3 Å². The van der Waals surface area contributed by atoms with E-state index < -0.39 is 22.0 Å². The average molecular weight is 510 g/mol. The normalized spacial score (nSPS) is 13.4. The number of para-hydroxylation sites is 1. The molecule has 0 saturated carbocycles. The highest BCUT2D eigenvalue weighted by atomic mass is 32.2. The van der Waals surface area contributed by atoms with Crippen LogP contribution in [-0.2, 0) is 21.4 Å². The molecule has 0 spiro atoms. The zero-order valence-electron chi connectivity index (χ0n) is 19.9. The zero-order valence-corrected chi connectivity index (χ0v) is 20.7. The van der Waals surface area contributed by atoms with Crippen molar-refractivity contribution in [1.82, 2.24) is 5.32 Å². The van der Waals surface area contributed by atoms with Gasteiger partial charge in [0.2, 0.25) is 15.9 Å². The smallest absolute Gasteiger partial charge is 0.253 e. The third-order valence-electron chi connectivity index (χ3n) is 5.59. The molecule has 36 heavy (non-hydrogen) atoms. The fourth-order valence-corrected chi connectivity index (χ4v) is 5.05. The molecule has 2 amide bonds. The van der Waals surface area contributed by atoms with Gasteiger partial charge < -0.3 is 20.1 Å². The van der Waals surface area contributed by atoms with Gasteiger partial charge >= 0.3 is 0 Å². The van der Waals surface area contributed by atoms with Crippen molar-refractivity contribution in [2.24, 2.45) is 0 Å².